The highest BCUT2D eigenvalue weighted by atomic mass is 32.2. The lowest BCUT2D eigenvalue weighted by Crippen LogP contribution is -2.26. The van der Waals surface area contributed by atoms with Crippen molar-refractivity contribution in [2.45, 2.75) is 11.9 Å². The van der Waals surface area contributed by atoms with Crippen LogP contribution in [0.4, 0.5) is 0 Å². The van der Waals surface area contributed by atoms with Gasteiger partial charge in [-0.3, -0.25) is 4.63 Å². The van der Waals surface area contributed by atoms with Gasteiger partial charge in [0.1, 0.15) is 0 Å². The van der Waals surface area contributed by atoms with Gasteiger partial charge in [-0.05, 0) is 4.90 Å². The van der Waals surface area contributed by atoms with Crippen molar-refractivity contribution in [3.05, 3.63) is 35.5 Å². The minimum absolute atomic E-state index is 0.0764. The smallest absolute Gasteiger partial charge is 0.339 e. The van der Waals surface area contributed by atoms with Gasteiger partial charge in [0.15, 0.2) is 0 Å². The second kappa shape index (κ2) is 4.17. The van der Waals surface area contributed by atoms with Crippen molar-refractivity contribution >= 4 is 9.84 Å². The zero-order valence-electron chi connectivity index (χ0n) is 9.03. The van der Waals surface area contributed by atoms with Crippen LogP contribution >= 0.6 is 0 Å². The van der Waals surface area contributed by atoms with Crippen LogP contribution in [0.3, 0.4) is 0 Å². The molecule has 90 valence electrons. The van der Waals surface area contributed by atoms with Gasteiger partial charge in [-0.1, -0.05) is 37.3 Å². The van der Waals surface area contributed by atoms with Crippen molar-refractivity contribution in [1.29, 1.82) is 0 Å². The number of rotatable bonds is 3. The number of sulfone groups is 1. The summed E-state index contributed by atoms with van der Waals surface area (Å²) in [4.78, 5) is 0.109. The Balaban J connectivity index is 2.67. The van der Waals surface area contributed by atoms with Gasteiger partial charge in [-0.25, -0.2) is 8.42 Å². The molecule has 0 unspecified atom stereocenters. The molecule has 17 heavy (non-hydrogen) atoms. The van der Waals surface area contributed by atoms with Crippen LogP contribution in [0.1, 0.15) is 6.92 Å². The molecule has 0 fully saturated rings. The Bertz CT molecular complexity index is 619. The minimum Gasteiger partial charge on any atom is -0.359 e. The van der Waals surface area contributed by atoms with E-state index in [2.05, 4.69) is 9.79 Å². The summed E-state index contributed by atoms with van der Waals surface area (Å²) in [5, 5.41) is 14.4. The van der Waals surface area contributed by atoms with E-state index in [9.17, 15) is 13.6 Å². The molecule has 0 bridgehead atoms. The second-order valence-corrected chi connectivity index (χ2v) is 5.55. The number of aromatic nitrogens is 2. The van der Waals surface area contributed by atoms with Crippen LogP contribution in [0.15, 0.2) is 40.0 Å². The van der Waals surface area contributed by atoms with E-state index < -0.39 is 9.84 Å². The van der Waals surface area contributed by atoms with Crippen LogP contribution in [-0.4, -0.2) is 19.3 Å². The summed E-state index contributed by atoms with van der Waals surface area (Å²) >= 11 is 0. The normalized spacial score (nSPS) is 11.6. The third-order valence-electron chi connectivity index (χ3n) is 2.30. The maximum Gasteiger partial charge on any atom is 0.339 e. The van der Waals surface area contributed by atoms with Crippen molar-refractivity contribution < 1.29 is 17.9 Å². The number of benzene rings is 1. The molecule has 1 heterocycles. The lowest BCUT2D eigenvalue weighted by atomic mass is 10.2. The molecule has 7 heteroatoms. The van der Waals surface area contributed by atoms with E-state index in [0.29, 0.717) is 5.56 Å². The van der Waals surface area contributed by atoms with E-state index in [1.54, 1.807) is 30.3 Å². The molecule has 0 aliphatic rings. The molecule has 0 amide bonds. The molecule has 0 spiro atoms. The molecule has 0 N–H and O–H groups in total. The molecule has 0 aliphatic heterocycles. The quantitative estimate of drug-likeness (QED) is 0.755. The van der Waals surface area contributed by atoms with Crippen molar-refractivity contribution in [2.75, 3.05) is 5.75 Å². The fourth-order valence-corrected chi connectivity index (χ4v) is 2.31. The van der Waals surface area contributed by atoms with Gasteiger partial charge in [-0.2, -0.15) is 0 Å². The maximum absolute atomic E-state index is 11.7. The Hall–Kier alpha value is -1.89. The molecule has 1 aromatic heterocycles. The topological polar surface area (TPSA) is 87.1 Å². The Morgan fingerprint density at radius 2 is 2.00 bits per heavy atom. The Morgan fingerprint density at radius 3 is 2.59 bits per heavy atom. The first-order valence-electron chi connectivity index (χ1n) is 4.94. The molecule has 0 atom stereocenters. The summed E-state index contributed by atoms with van der Waals surface area (Å²) in [7, 11) is -3.58. The van der Waals surface area contributed by atoms with E-state index >= 15 is 0 Å². The summed E-state index contributed by atoms with van der Waals surface area (Å²) in [5.74, 6) is -0.140. The summed E-state index contributed by atoms with van der Waals surface area (Å²) in [6.45, 7) is 1.48. The molecule has 1 aromatic carbocycles. The van der Waals surface area contributed by atoms with Crippen LogP contribution in [0.5, 0.6) is 0 Å². The highest BCUT2D eigenvalue weighted by Gasteiger charge is 2.31. The molecular formula is C10H10N2O4S. The Labute approximate surface area is 97.9 Å². The summed E-state index contributed by atoms with van der Waals surface area (Å²) in [5.41, 5.74) is 0.378. The van der Waals surface area contributed by atoms with Crippen LogP contribution in [0.25, 0.3) is 11.3 Å². The van der Waals surface area contributed by atoms with Crippen molar-refractivity contribution in [2.24, 2.45) is 0 Å². The summed E-state index contributed by atoms with van der Waals surface area (Å²) < 4.78 is 27.8. The van der Waals surface area contributed by atoms with Gasteiger partial charge in [0.25, 0.3) is 0 Å². The molecule has 0 saturated heterocycles. The number of hydrogen-bond acceptors (Lipinski definition) is 5. The first-order chi connectivity index (χ1) is 8.06. The first-order valence-corrected chi connectivity index (χ1v) is 6.59. The van der Waals surface area contributed by atoms with Crippen LogP contribution in [-0.2, 0) is 9.84 Å². The number of nitrogens with zero attached hydrogens (tertiary/aromatic N) is 2. The molecule has 2 aromatic rings. The van der Waals surface area contributed by atoms with E-state index in [-0.39, 0.29) is 21.4 Å². The van der Waals surface area contributed by atoms with Gasteiger partial charge in [0.05, 0.1) is 10.9 Å². The van der Waals surface area contributed by atoms with Crippen molar-refractivity contribution in [1.82, 2.24) is 5.16 Å². The fourth-order valence-electron chi connectivity index (χ4n) is 1.40. The van der Waals surface area contributed by atoms with Gasteiger partial charge in [0.2, 0.25) is 15.5 Å². The Morgan fingerprint density at radius 1 is 1.35 bits per heavy atom. The molecular weight excluding hydrogens is 244 g/mol. The van der Waals surface area contributed by atoms with Crippen molar-refractivity contribution in [3.8, 4) is 11.3 Å². The molecule has 0 saturated carbocycles. The zero-order valence-corrected chi connectivity index (χ0v) is 9.85. The lowest BCUT2D eigenvalue weighted by Gasteiger charge is -1.98. The fraction of sp³-hybridized carbons (Fsp3) is 0.200. The monoisotopic (exact) mass is 254 g/mol. The highest BCUT2D eigenvalue weighted by Crippen LogP contribution is 2.22. The largest absolute Gasteiger partial charge is 0.359 e. The number of hydrogen-bond donors (Lipinski definition) is 0. The Kier molecular flexibility index (Phi) is 2.84. The van der Waals surface area contributed by atoms with Gasteiger partial charge >= 0.3 is 5.03 Å². The third-order valence-corrected chi connectivity index (χ3v) is 3.92. The average Bonchev–Trinajstić information content (AvgIpc) is 2.73. The molecule has 2 rings (SSSR count). The third kappa shape index (κ3) is 2.01. The highest BCUT2D eigenvalue weighted by molar-refractivity contribution is 7.91. The van der Waals surface area contributed by atoms with Crippen molar-refractivity contribution in [3.63, 3.8) is 0 Å². The van der Waals surface area contributed by atoms with E-state index in [0.717, 1.165) is 0 Å². The molecule has 6 nitrogen and oxygen atoms in total. The minimum atomic E-state index is -3.58. The zero-order chi connectivity index (χ0) is 12.5. The predicted molar refractivity (Wildman–Crippen MR) is 58.6 cm³/mol. The van der Waals surface area contributed by atoms with E-state index in [1.807, 2.05) is 0 Å². The lowest BCUT2D eigenvalue weighted by molar-refractivity contribution is -0.793. The van der Waals surface area contributed by atoms with Gasteiger partial charge in [-0.15, -0.1) is 0 Å². The second-order valence-electron chi connectivity index (χ2n) is 3.35. The van der Waals surface area contributed by atoms with Crippen LogP contribution in [0.2, 0.25) is 0 Å². The SMILES string of the molecule is CCS(=O)(=O)c1no[n+]([O-])c1-c1ccccc1. The summed E-state index contributed by atoms with van der Waals surface area (Å²) in [6, 6.07) is 8.40. The van der Waals surface area contributed by atoms with Crippen LogP contribution < -0.4 is 4.90 Å². The maximum atomic E-state index is 11.7. The predicted octanol–water partition coefficient (Wildman–Crippen LogP) is 0.769. The van der Waals surface area contributed by atoms with Gasteiger partial charge in [0, 0.05) is 5.56 Å². The standard InChI is InChI=1S/C10H10N2O4S/c1-2-17(14,15)10-9(12(13)16-11-10)8-6-4-3-5-7-8/h3-7H,2H2,1H3. The van der Waals surface area contributed by atoms with E-state index in [1.165, 1.54) is 6.92 Å². The van der Waals surface area contributed by atoms with Gasteiger partial charge < -0.3 is 5.21 Å². The van der Waals surface area contributed by atoms with Crippen LogP contribution in [0, 0.1) is 5.21 Å². The molecule has 0 radical (unpaired) electrons. The summed E-state index contributed by atoms with van der Waals surface area (Å²) in [6.07, 6.45) is 0. The van der Waals surface area contributed by atoms with E-state index in [4.69, 9.17) is 0 Å². The first kappa shape index (κ1) is 11.6. The molecule has 0 aliphatic carbocycles. The average molecular weight is 254 g/mol.